The lowest BCUT2D eigenvalue weighted by molar-refractivity contribution is -0.155. The molecule has 2 aliphatic heterocycles. The van der Waals surface area contributed by atoms with Gasteiger partial charge in [-0.1, -0.05) is 54.6 Å². The van der Waals surface area contributed by atoms with E-state index >= 15 is 0 Å². The van der Waals surface area contributed by atoms with E-state index in [2.05, 4.69) is 11.4 Å². The lowest BCUT2D eigenvalue weighted by Crippen LogP contribution is -2.38. The maximum Gasteiger partial charge on any atom is 0.345 e. The molecule has 4 atom stereocenters. The SMILES string of the molecule is O=C(O)[C@@](O)(c1ccccc1)c1cccc(C2C[C@H]3CC[C@@H](C2)N3)c1. The Balaban J connectivity index is 1.71. The van der Waals surface area contributed by atoms with Crippen LogP contribution in [0, 0.1) is 0 Å². The van der Waals surface area contributed by atoms with Gasteiger partial charge in [-0.15, -0.1) is 0 Å². The summed E-state index contributed by atoms with van der Waals surface area (Å²) in [4.78, 5) is 12.0. The Morgan fingerprint density at radius 2 is 1.60 bits per heavy atom. The van der Waals surface area contributed by atoms with E-state index in [4.69, 9.17) is 0 Å². The summed E-state index contributed by atoms with van der Waals surface area (Å²) in [6.07, 6.45) is 4.61. The molecule has 1 unspecified atom stereocenters. The third-order valence-corrected chi connectivity index (χ3v) is 5.75. The predicted molar refractivity (Wildman–Crippen MR) is 95.4 cm³/mol. The second-order valence-corrected chi connectivity index (χ2v) is 7.31. The molecule has 2 fully saturated rings. The van der Waals surface area contributed by atoms with Crippen molar-refractivity contribution in [2.24, 2.45) is 0 Å². The molecule has 3 N–H and O–H groups in total. The Bertz CT molecular complexity index is 764. The van der Waals surface area contributed by atoms with Crippen molar-refractivity contribution < 1.29 is 15.0 Å². The van der Waals surface area contributed by atoms with E-state index < -0.39 is 11.6 Å². The molecule has 2 heterocycles. The van der Waals surface area contributed by atoms with Crippen molar-refractivity contribution in [1.82, 2.24) is 5.32 Å². The number of benzene rings is 2. The Morgan fingerprint density at radius 3 is 2.24 bits per heavy atom. The number of aliphatic hydroxyl groups is 1. The molecule has 0 radical (unpaired) electrons. The van der Waals surface area contributed by atoms with E-state index in [-0.39, 0.29) is 0 Å². The number of carboxylic acids is 1. The minimum atomic E-state index is -2.02. The zero-order chi connectivity index (χ0) is 17.4. The molecule has 0 amide bonds. The summed E-state index contributed by atoms with van der Waals surface area (Å²) in [5.74, 6) is -0.825. The highest BCUT2D eigenvalue weighted by Gasteiger charge is 2.41. The summed E-state index contributed by atoms with van der Waals surface area (Å²) in [6.45, 7) is 0. The van der Waals surface area contributed by atoms with Crippen LogP contribution in [-0.4, -0.2) is 28.3 Å². The van der Waals surface area contributed by atoms with Crippen LogP contribution in [0.25, 0.3) is 0 Å². The van der Waals surface area contributed by atoms with Crippen molar-refractivity contribution in [3.05, 3.63) is 71.3 Å². The zero-order valence-electron chi connectivity index (χ0n) is 14.1. The molecule has 0 spiro atoms. The normalized spacial score (nSPS) is 27.6. The Kier molecular flexibility index (Phi) is 4.10. The van der Waals surface area contributed by atoms with Crippen molar-refractivity contribution in [3.63, 3.8) is 0 Å². The molecule has 2 saturated heterocycles. The molecule has 25 heavy (non-hydrogen) atoms. The molecule has 0 saturated carbocycles. The lowest BCUT2D eigenvalue weighted by atomic mass is 9.81. The molecule has 2 aromatic rings. The zero-order valence-corrected chi connectivity index (χ0v) is 14.1. The maximum absolute atomic E-state index is 12.0. The molecule has 4 nitrogen and oxygen atoms in total. The van der Waals surface area contributed by atoms with Crippen molar-refractivity contribution in [3.8, 4) is 0 Å². The molecule has 2 bridgehead atoms. The van der Waals surface area contributed by atoms with Crippen LogP contribution in [0.4, 0.5) is 0 Å². The van der Waals surface area contributed by atoms with E-state index in [1.165, 1.54) is 12.8 Å². The number of carboxylic acid groups (broad SMARTS) is 1. The Labute approximate surface area is 147 Å². The molecule has 0 aliphatic carbocycles. The van der Waals surface area contributed by atoms with Gasteiger partial charge in [0.2, 0.25) is 5.60 Å². The van der Waals surface area contributed by atoms with E-state index in [1.54, 1.807) is 30.3 Å². The predicted octanol–water partition coefficient (Wildman–Crippen LogP) is 3.01. The first-order chi connectivity index (χ1) is 12.1. The van der Waals surface area contributed by atoms with Gasteiger partial charge in [0.25, 0.3) is 0 Å². The maximum atomic E-state index is 12.0. The minimum Gasteiger partial charge on any atom is -0.479 e. The molecule has 4 heteroatoms. The Hall–Kier alpha value is -2.17. The van der Waals surface area contributed by atoms with Gasteiger partial charge in [-0.2, -0.15) is 0 Å². The van der Waals surface area contributed by atoms with E-state index in [9.17, 15) is 15.0 Å². The molecule has 2 aromatic carbocycles. The van der Waals surface area contributed by atoms with Crippen LogP contribution in [0.15, 0.2) is 54.6 Å². The van der Waals surface area contributed by atoms with Crippen molar-refractivity contribution in [1.29, 1.82) is 0 Å². The van der Waals surface area contributed by atoms with E-state index in [1.807, 2.05) is 18.2 Å². The first-order valence-electron chi connectivity index (χ1n) is 8.95. The van der Waals surface area contributed by atoms with Crippen LogP contribution in [0.2, 0.25) is 0 Å². The van der Waals surface area contributed by atoms with Gasteiger partial charge in [0, 0.05) is 12.1 Å². The second kappa shape index (κ2) is 6.28. The lowest BCUT2D eigenvalue weighted by Gasteiger charge is -2.31. The molecular formula is C21H23NO3. The fourth-order valence-electron chi connectivity index (χ4n) is 4.44. The molecule has 4 rings (SSSR count). The first-order valence-corrected chi connectivity index (χ1v) is 8.95. The second-order valence-electron chi connectivity index (χ2n) is 7.31. The van der Waals surface area contributed by atoms with Gasteiger partial charge in [0.05, 0.1) is 0 Å². The highest BCUT2D eigenvalue weighted by atomic mass is 16.4. The van der Waals surface area contributed by atoms with Crippen LogP contribution >= 0.6 is 0 Å². The molecular weight excluding hydrogens is 314 g/mol. The van der Waals surface area contributed by atoms with Crippen molar-refractivity contribution in [2.75, 3.05) is 0 Å². The first kappa shape index (κ1) is 16.3. The summed E-state index contributed by atoms with van der Waals surface area (Å²) < 4.78 is 0. The largest absolute Gasteiger partial charge is 0.479 e. The average Bonchev–Trinajstić information content (AvgIpc) is 2.99. The molecule has 0 aromatic heterocycles. The van der Waals surface area contributed by atoms with Gasteiger partial charge >= 0.3 is 5.97 Å². The number of carbonyl (C=O) groups is 1. The third-order valence-electron chi connectivity index (χ3n) is 5.75. The van der Waals surface area contributed by atoms with Gasteiger partial charge in [0.1, 0.15) is 0 Å². The molecule has 130 valence electrons. The highest BCUT2D eigenvalue weighted by Crippen LogP contribution is 2.39. The average molecular weight is 337 g/mol. The van der Waals surface area contributed by atoms with Crippen LogP contribution in [0.1, 0.15) is 48.3 Å². The summed E-state index contributed by atoms with van der Waals surface area (Å²) in [5.41, 5.74) is -0.0884. The van der Waals surface area contributed by atoms with Crippen molar-refractivity contribution in [2.45, 2.75) is 49.3 Å². The van der Waals surface area contributed by atoms with E-state index in [0.717, 1.165) is 18.4 Å². The number of nitrogens with one attached hydrogen (secondary N) is 1. The number of piperidine rings is 1. The smallest absolute Gasteiger partial charge is 0.345 e. The third kappa shape index (κ3) is 2.86. The minimum absolute atomic E-state index is 0.380. The summed E-state index contributed by atoms with van der Waals surface area (Å²) in [6, 6.07) is 17.3. The van der Waals surface area contributed by atoms with Crippen molar-refractivity contribution >= 4 is 5.97 Å². The standard InChI is InChI=1S/C21H23NO3/c23-20(24)21(25,16-6-2-1-3-7-16)17-8-4-5-14(11-17)15-12-18-9-10-19(13-15)22-18/h1-8,11,15,18-19,22,25H,9-10,12-13H2,(H,23,24)/t15?,18-,19+,21-/m1/s1. The topological polar surface area (TPSA) is 69.6 Å². The number of fused-ring (bicyclic) bond motifs is 2. The summed E-state index contributed by atoms with van der Waals surface area (Å²) >= 11 is 0. The van der Waals surface area contributed by atoms with Gasteiger partial charge in [-0.25, -0.2) is 4.79 Å². The number of hydrogen-bond donors (Lipinski definition) is 3. The van der Waals surface area contributed by atoms with Crippen LogP contribution in [-0.2, 0) is 10.4 Å². The van der Waals surface area contributed by atoms with E-state index in [0.29, 0.717) is 29.1 Å². The number of hydrogen-bond acceptors (Lipinski definition) is 3. The van der Waals surface area contributed by atoms with Crippen LogP contribution in [0.5, 0.6) is 0 Å². The van der Waals surface area contributed by atoms with Gasteiger partial charge < -0.3 is 15.5 Å². The number of aliphatic carboxylic acids is 1. The Morgan fingerprint density at radius 1 is 0.960 bits per heavy atom. The quantitative estimate of drug-likeness (QED) is 0.802. The summed E-state index contributed by atoms with van der Waals surface area (Å²) in [5, 5.41) is 24.5. The van der Waals surface area contributed by atoms with Gasteiger partial charge in [0.15, 0.2) is 0 Å². The summed E-state index contributed by atoms with van der Waals surface area (Å²) in [7, 11) is 0. The fraction of sp³-hybridized carbons (Fsp3) is 0.381. The van der Waals surface area contributed by atoms with Gasteiger partial charge in [-0.3, -0.25) is 0 Å². The van der Waals surface area contributed by atoms with Gasteiger partial charge in [-0.05, 0) is 48.3 Å². The monoisotopic (exact) mass is 337 g/mol. The van der Waals surface area contributed by atoms with Crippen LogP contribution < -0.4 is 5.32 Å². The van der Waals surface area contributed by atoms with Crippen LogP contribution in [0.3, 0.4) is 0 Å². The highest BCUT2D eigenvalue weighted by molar-refractivity contribution is 5.83. The number of rotatable bonds is 4. The molecule has 2 aliphatic rings. The fourth-order valence-corrected chi connectivity index (χ4v) is 4.44.